The van der Waals surface area contributed by atoms with Gasteiger partial charge in [0.1, 0.15) is 6.04 Å². The fourth-order valence-electron chi connectivity index (χ4n) is 1.82. The third kappa shape index (κ3) is 2.93. The van der Waals surface area contributed by atoms with E-state index in [-0.39, 0.29) is 31.2 Å². The van der Waals surface area contributed by atoms with E-state index in [1.165, 1.54) is 4.90 Å². The quantitative estimate of drug-likeness (QED) is 0.575. The number of carbonyl (C=O) groups is 2. The predicted octanol–water partition coefficient (Wildman–Crippen LogP) is -0.982. The number of nitrogens with zero attached hydrogens (tertiary/aromatic N) is 1. The van der Waals surface area contributed by atoms with Crippen molar-refractivity contribution in [1.82, 2.24) is 4.90 Å². The molecule has 0 spiro atoms. The number of carbonyl (C=O) groups excluding carboxylic acids is 1. The Hall–Kier alpha value is -1.14. The van der Waals surface area contributed by atoms with Crippen molar-refractivity contribution < 1.29 is 19.8 Å². The van der Waals surface area contributed by atoms with Gasteiger partial charge in [0.15, 0.2) is 0 Å². The van der Waals surface area contributed by atoms with Gasteiger partial charge in [0, 0.05) is 19.4 Å². The lowest BCUT2D eigenvalue weighted by atomic mass is 10.1. The van der Waals surface area contributed by atoms with Gasteiger partial charge >= 0.3 is 5.97 Å². The first kappa shape index (κ1) is 12.9. The minimum atomic E-state index is -1.06. The molecule has 0 aliphatic carbocycles. The van der Waals surface area contributed by atoms with Crippen LogP contribution < -0.4 is 5.73 Å². The van der Waals surface area contributed by atoms with Crippen LogP contribution in [0.25, 0.3) is 0 Å². The van der Waals surface area contributed by atoms with E-state index in [0.29, 0.717) is 6.54 Å². The number of nitrogens with two attached hydrogens (primary N) is 1. The lowest BCUT2D eigenvalue weighted by Crippen LogP contribution is -2.41. The van der Waals surface area contributed by atoms with Gasteiger partial charge in [-0.2, -0.15) is 0 Å². The van der Waals surface area contributed by atoms with E-state index in [1.54, 1.807) is 0 Å². The molecule has 0 aromatic rings. The van der Waals surface area contributed by atoms with Gasteiger partial charge in [0.25, 0.3) is 0 Å². The van der Waals surface area contributed by atoms with Gasteiger partial charge in [-0.1, -0.05) is 6.92 Å². The van der Waals surface area contributed by atoms with Gasteiger partial charge in [0.2, 0.25) is 5.91 Å². The van der Waals surface area contributed by atoms with E-state index in [1.807, 2.05) is 6.92 Å². The number of carboxylic acids is 1. The third-order valence-corrected chi connectivity index (χ3v) is 2.81. The zero-order chi connectivity index (χ0) is 12.3. The topological polar surface area (TPSA) is 104 Å². The normalized spacial score (nSPS) is 26.8. The van der Waals surface area contributed by atoms with E-state index in [9.17, 15) is 14.7 Å². The van der Waals surface area contributed by atoms with Crippen LogP contribution >= 0.6 is 0 Å². The molecule has 1 saturated heterocycles. The molecule has 0 aromatic heterocycles. The zero-order valence-electron chi connectivity index (χ0n) is 9.30. The molecule has 16 heavy (non-hydrogen) atoms. The fourth-order valence-corrected chi connectivity index (χ4v) is 1.82. The maximum absolute atomic E-state index is 11.8. The van der Waals surface area contributed by atoms with Crippen LogP contribution in [0.15, 0.2) is 0 Å². The summed E-state index contributed by atoms with van der Waals surface area (Å²) in [4.78, 5) is 23.9. The van der Waals surface area contributed by atoms with Crippen LogP contribution in [0.3, 0.4) is 0 Å². The number of β-amino-alcohol motifs (C(OH)–C–C–N with tert-alkyl or cyclic N) is 1. The lowest BCUT2D eigenvalue weighted by molar-refractivity contribution is -0.148. The average molecular weight is 230 g/mol. The summed E-state index contributed by atoms with van der Waals surface area (Å²) >= 11 is 0. The highest BCUT2D eigenvalue weighted by molar-refractivity contribution is 5.84. The minimum Gasteiger partial charge on any atom is -0.480 e. The van der Waals surface area contributed by atoms with Crippen molar-refractivity contribution in [2.24, 2.45) is 11.7 Å². The Labute approximate surface area is 94.0 Å². The van der Waals surface area contributed by atoms with E-state index in [0.717, 1.165) is 0 Å². The van der Waals surface area contributed by atoms with Gasteiger partial charge in [0.05, 0.1) is 6.10 Å². The molecule has 3 atom stereocenters. The number of hydrogen-bond donors (Lipinski definition) is 3. The summed E-state index contributed by atoms with van der Waals surface area (Å²) in [5.74, 6) is -1.29. The smallest absolute Gasteiger partial charge is 0.326 e. The van der Waals surface area contributed by atoms with Gasteiger partial charge in [-0.05, 0) is 12.5 Å². The highest BCUT2D eigenvalue weighted by Gasteiger charge is 2.38. The molecule has 0 radical (unpaired) electrons. The predicted molar refractivity (Wildman–Crippen MR) is 56.6 cm³/mol. The number of aliphatic hydroxyl groups is 1. The first-order valence-corrected chi connectivity index (χ1v) is 5.36. The van der Waals surface area contributed by atoms with E-state index < -0.39 is 18.1 Å². The second kappa shape index (κ2) is 5.27. The van der Waals surface area contributed by atoms with Crippen molar-refractivity contribution >= 4 is 11.9 Å². The summed E-state index contributed by atoms with van der Waals surface area (Å²) < 4.78 is 0. The van der Waals surface area contributed by atoms with Crippen LogP contribution in [0.4, 0.5) is 0 Å². The van der Waals surface area contributed by atoms with Crippen molar-refractivity contribution in [3.05, 3.63) is 0 Å². The van der Waals surface area contributed by atoms with Crippen molar-refractivity contribution in [3.63, 3.8) is 0 Å². The van der Waals surface area contributed by atoms with Crippen molar-refractivity contribution in [2.45, 2.75) is 31.9 Å². The Balaban J connectivity index is 2.63. The number of likely N-dealkylation sites (tertiary alicyclic amines) is 1. The Morgan fingerprint density at radius 3 is 2.69 bits per heavy atom. The van der Waals surface area contributed by atoms with Gasteiger partial charge in [-0.15, -0.1) is 0 Å². The van der Waals surface area contributed by atoms with Crippen LogP contribution in [0.5, 0.6) is 0 Å². The Morgan fingerprint density at radius 2 is 2.19 bits per heavy atom. The van der Waals surface area contributed by atoms with Crippen LogP contribution in [0, 0.1) is 5.92 Å². The van der Waals surface area contributed by atoms with E-state index in [2.05, 4.69) is 0 Å². The van der Waals surface area contributed by atoms with Crippen molar-refractivity contribution in [2.75, 3.05) is 13.1 Å². The highest BCUT2D eigenvalue weighted by Crippen LogP contribution is 2.20. The second-order valence-electron chi connectivity index (χ2n) is 4.33. The largest absolute Gasteiger partial charge is 0.480 e. The number of rotatable bonds is 4. The van der Waals surface area contributed by atoms with Crippen LogP contribution in [0.1, 0.15) is 19.8 Å². The molecule has 0 bridgehead atoms. The minimum absolute atomic E-state index is 0.0275. The highest BCUT2D eigenvalue weighted by atomic mass is 16.4. The molecule has 1 amide bonds. The molecule has 1 fully saturated rings. The number of carboxylic acid groups (broad SMARTS) is 1. The van der Waals surface area contributed by atoms with E-state index in [4.69, 9.17) is 10.8 Å². The van der Waals surface area contributed by atoms with Crippen LogP contribution in [-0.2, 0) is 9.59 Å². The first-order valence-electron chi connectivity index (χ1n) is 5.36. The number of amides is 1. The molecule has 6 nitrogen and oxygen atoms in total. The summed E-state index contributed by atoms with van der Waals surface area (Å²) in [5.41, 5.74) is 5.40. The first-order chi connectivity index (χ1) is 7.45. The van der Waals surface area contributed by atoms with Gasteiger partial charge < -0.3 is 20.8 Å². The van der Waals surface area contributed by atoms with Gasteiger partial charge in [-0.3, -0.25) is 4.79 Å². The number of aliphatic hydroxyl groups excluding tert-OH is 1. The Morgan fingerprint density at radius 1 is 1.56 bits per heavy atom. The third-order valence-electron chi connectivity index (χ3n) is 2.81. The summed E-state index contributed by atoms with van der Waals surface area (Å²) in [6.45, 7) is 2.33. The molecule has 1 heterocycles. The summed E-state index contributed by atoms with van der Waals surface area (Å²) in [6, 6.07) is -0.896. The van der Waals surface area contributed by atoms with Crippen molar-refractivity contribution in [3.8, 4) is 0 Å². The molecule has 6 heteroatoms. The van der Waals surface area contributed by atoms with Gasteiger partial charge in [-0.25, -0.2) is 4.79 Å². The Bertz CT molecular complexity index is 282. The summed E-state index contributed by atoms with van der Waals surface area (Å²) in [6.07, 6.45) is -0.399. The van der Waals surface area contributed by atoms with Crippen LogP contribution in [0.2, 0.25) is 0 Å². The standard InChI is InChI=1S/C10H18N2O4/c1-6(4-11)2-9(14)12-5-7(13)3-8(12)10(15)16/h6-8,13H,2-5,11H2,1H3,(H,15,16)/t6?,7-,8+/m1/s1. The molecular formula is C10H18N2O4. The average Bonchev–Trinajstić information content (AvgIpc) is 2.60. The molecule has 92 valence electrons. The molecule has 1 aliphatic rings. The molecule has 0 saturated carbocycles. The maximum atomic E-state index is 11.8. The number of aliphatic carboxylic acids is 1. The molecule has 1 rings (SSSR count). The molecular weight excluding hydrogens is 212 g/mol. The molecule has 4 N–H and O–H groups in total. The SMILES string of the molecule is CC(CN)CC(=O)N1C[C@H](O)C[C@H]1C(=O)O. The maximum Gasteiger partial charge on any atom is 0.326 e. The summed E-state index contributed by atoms with van der Waals surface area (Å²) in [5, 5.41) is 18.3. The molecule has 1 aliphatic heterocycles. The zero-order valence-corrected chi connectivity index (χ0v) is 9.30. The lowest BCUT2D eigenvalue weighted by Gasteiger charge is -2.22. The monoisotopic (exact) mass is 230 g/mol. The number of hydrogen-bond acceptors (Lipinski definition) is 4. The van der Waals surface area contributed by atoms with Crippen molar-refractivity contribution in [1.29, 1.82) is 0 Å². The second-order valence-corrected chi connectivity index (χ2v) is 4.33. The molecule has 1 unspecified atom stereocenters. The summed E-state index contributed by atoms with van der Waals surface area (Å²) in [7, 11) is 0. The van der Waals surface area contributed by atoms with Crippen LogP contribution in [-0.4, -0.2) is 52.2 Å². The Kier molecular flexibility index (Phi) is 4.26. The van der Waals surface area contributed by atoms with E-state index >= 15 is 0 Å². The molecule has 0 aromatic carbocycles. The fraction of sp³-hybridized carbons (Fsp3) is 0.800.